The van der Waals surface area contributed by atoms with E-state index in [1.165, 1.54) is 0 Å². The zero-order valence-corrected chi connectivity index (χ0v) is 11.4. The molecule has 0 saturated heterocycles. The first kappa shape index (κ1) is 14.0. The SMILES string of the molecule is COc1cc(C)c(S(=O)(=O)CCO)c(C)c1C. The second-order valence-corrected chi connectivity index (χ2v) is 6.06. The van der Waals surface area contributed by atoms with Gasteiger partial charge in [0.05, 0.1) is 24.4 Å². The molecule has 0 fully saturated rings. The lowest BCUT2D eigenvalue weighted by Gasteiger charge is -2.15. The predicted molar refractivity (Wildman–Crippen MR) is 66.3 cm³/mol. The Kier molecular flexibility index (Phi) is 4.16. The Hall–Kier alpha value is -1.07. The van der Waals surface area contributed by atoms with Crippen molar-refractivity contribution in [3.63, 3.8) is 0 Å². The van der Waals surface area contributed by atoms with E-state index in [0.29, 0.717) is 21.8 Å². The van der Waals surface area contributed by atoms with E-state index in [1.54, 1.807) is 27.0 Å². The van der Waals surface area contributed by atoms with Gasteiger partial charge in [-0.15, -0.1) is 0 Å². The Morgan fingerprint density at radius 3 is 2.29 bits per heavy atom. The Bertz CT molecular complexity index is 518. The van der Waals surface area contributed by atoms with Gasteiger partial charge in [-0.3, -0.25) is 0 Å². The number of rotatable bonds is 4. The maximum absolute atomic E-state index is 12.0. The van der Waals surface area contributed by atoms with Crippen molar-refractivity contribution in [2.45, 2.75) is 25.7 Å². The van der Waals surface area contributed by atoms with Crippen LogP contribution in [-0.4, -0.2) is 33.0 Å². The largest absolute Gasteiger partial charge is 0.496 e. The maximum Gasteiger partial charge on any atom is 0.181 e. The minimum Gasteiger partial charge on any atom is -0.496 e. The summed E-state index contributed by atoms with van der Waals surface area (Å²) in [4.78, 5) is 0.310. The van der Waals surface area contributed by atoms with Gasteiger partial charge < -0.3 is 9.84 Å². The molecule has 0 aliphatic carbocycles. The van der Waals surface area contributed by atoms with Gasteiger partial charge >= 0.3 is 0 Å². The third-order valence-corrected chi connectivity index (χ3v) is 4.84. The van der Waals surface area contributed by atoms with Gasteiger partial charge in [-0.25, -0.2) is 8.42 Å². The number of sulfone groups is 1. The average molecular weight is 258 g/mol. The van der Waals surface area contributed by atoms with E-state index in [9.17, 15) is 8.42 Å². The first-order valence-corrected chi connectivity index (χ1v) is 6.98. The summed E-state index contributed by atoms with van der Waals surface area (Å²) in [5.41, 5.74) is 2.16. The van der Waals surface area contributed by atoms with Crippen molar-refractivity contribution in [1.82, 2.24) is 0 Å². The molecule has 0 radical (unpaired) electrons. The van der Waals surface area contributed by atoms with E-state index < -0.39 is 9.84 Å². The molecule has 1 rings (SSSR count). The molecule has 1 N–H and O–H groups in total. The monoisotopic (exact) mass is 258 g/mol. The number of hydrogen-bond acceptors (Lipinski definition) is 4. The second kappa shape index (κ2) is 5.06. The highest BCUT2D eigenvalue weighted by molar-refractivity contribution is 7.91. The lowest BCUT2D eigenvalue weighted by molar-refractivity contribution is 0.319. The van der Waals surface area contributed by atoms with Crippen LogP contribution in [0, 0.1) is 20.8 Å². The van der Waals surface area contributed by atoms with Gasteiger partial charge in [-0.2, -0.15) is 0 Å². The summed E-state index contributed by atoms with van der Waals surface area (Å²) in [5.74, 6) is 0.434. The Morgan fingerprint density at radius 1 is 1.24 bits per heavy atom. The van der Waals surface area contributed by atoms with Crippen molar-refractivity contribution in [2.24, 2.45) is 0 Å². The lowest BCUT2D eigenvalue weighted by atomic mass is 10.1. The van der Waals surface area contributed by atoms with Crippen LogP contribution in [0.15, 0.2) is 11.0 Å². The molecule has 0 aromatic heterocycles. The van der Waals surface area contributed by atoms with Crippen LogP contribution in [0.3, 0.4) is 0 Å². The van der Waals surface area contributed by atoms with E-state index in [0.717, 1.165) is 5.56 Å². The van der Waals surface area contributed by atoms with Crippen LogP contribution in [0.2, 0.25) is 0 Å². The van der Waals surface area contributed by atoms with Gasteiger partial charge in [0.25, 0.3) is 0 Å². The Labute approximate surface area is 102 Å². The Balaban J connectivity index is 3.51. The molecule has 5 heteroatoms. The minimum atomic E-state index is -3.42. The topological polar surface area (TPSA) is 63.6 Å². The summed E-state index contributed by atoms with van der Waals surface area (Å²) < 4.78 is 29.2. The van der Waals surface area contributed by atoms with Crippen LogP contribution < -0.4 is 4.74 Å². The molecule has 1 aromatic rings. The summed E-state index contributed by atoms with van der Waals surface area (Å²) in [7, 11) is -1.87. The first-order valence-electron chi connectivity index (χ1n) is 5.33. The summed E-state index contributed by atoms with van der Waals surface area (Å²) in [5, 5.41) is 8.81. The Morgan fingerprint density at radius 2 is 1.82 bits per heavy atom. The zero-order chi connectivity index (χ0) is 13.2. The minimum absolute atomic E-state index is 0.250. The molecular weight excluding hydrogens is 240 g/mol. The standard InChI is InChI=1S/C12H18O4S/c1-8-7-11(16-4)9(2)10(3)12(8)17(14,15)6-5-13/h7,13H,5-6H2,1-4H3. The zero-order valence-electron chi connectivity index (χ0n) is 10.6. The van der Waals surface area contributed by atoms with Crippen LogP contribution >= 0.6 is 0 Å². The van der Waals surface area contributed by atoms with E-state index in [2.05, 4.69) is 0 Å². The van der Waals surface area contributed by atoms with Crippen molar-refractivity contribution in [3.05, 3.63) is 22.8 Å². The van der Waals surface area contributed by atoms with Crippen molar-refractivity contribution in [2.75, 3.05) is 19.5 Å². The molecule has 4 nitrogen and oxygen atoms in total. The molecule has 0 unspecified atom stereocenters. The number of aryl methyl sites for hydroxylation is 1. The van der Waals surface area contributed by atoms with Crippen molar-refractivity contribution in [3.8, 4) is 5.75 Å². The predicted octanol–water partition coefficient (Wildman–Crippen LogP) is 1.39. The van der Waals surface area contributed by atoms with Crippen molar-refractivity contribution in [1.29, 1.82) is 0 Å². The number of hydrogen-bond donors (Lipinski definition) is 1. The number of ether oxygens (including phenoxy) is 1. The smallest absolute Gasteiger partial charge is 0.181 e. The number of aliphatic hydroxyl groups excluding tert-OH is 1. The third-order valence-electron chi connectivity index (χ3n) is 2.87. The molecule has 0 amide bonds. The molecule has 0 atom stereocenters. The van der Waals surface area contributed by atoms with E-state index in [-0.39, 0.29) is 12.4 Å². The molecule has 0 saturated carbocycles. The summed E-state index contributed by atoms with van der Waals surface area (Å²) >= 11 is 0. The molecule has 0 aliphatic rings. The van der Waals surface area contributed by atoms with Crippen molar-refractivity contribution < 1.29 is 18.3 Å². The molecule has 96 valence electrons. The van der Waals surface area contributed by atoms with Crippen LogP contribution in [0.4, 0.5) is 0 Å². The van der Waals surface area contributed by atoms with E-state index in [4.69, 9.17) is 9.84 Å². The number of aliphatic hydroxyl groups is 1. The molecule has 0 bridgehead atoms. The van der Waals surface area contributed by atoms with Crippen molar-refractivity contribution >= 4 is 9.84 Å². The fourth-order valence-electron chi connectivity index (χ4n) is 1.93. The van der Waals surface area contributed by atoms with Crippen LogP contribution in [0.1, 0.15) is 16.7 Å². The summed E-state index contributed by atoms with van der Waals surface area (Å²) in [6, 6.07) is 1.71. The summed E-state index contributed by atoms with van der Waals surface area (Å²) in [6.07, 6.45) is 0. The molecule has 17 heavy (non-hydrogen) atoms. The third kappa shape index (κ3) is 2.61. The molecule has 0 spiro atoms. The molecule has 0 aliphatic heterocycles. The van der Waals surface area contributed by atoms with Gasteiger partial charge in [0.15, 0.2) is 9.84 Å². The normalized spacial score (nSPS) is 11.6. The molecular formula is C12H18O4S. The maximum atomic E-state index is 12.0. The highest BCUT2D eigenvalue weighted by atomic mass is 32.2. The lowest BCUT2D eigenvalue weighted by Crippen LogP contribution is -2.14. The number of methoxy groups -OCH3 is 1. The second-order valence-electron chi connectivity index (χ2n) is 4.02. The van der Waals surface area contributed by atoms with Gasteiger partial charge in [0, 0.05) is 0 Å². The van der Waals surface area contributed by atoms with Gasteiger partial charge in [0.1, 0.15) is 5.75 Å². The van der Waals surface area contributed by atoms with Gasteiger partial charge in [0.2, 0.25) is 0 Å². The first-order chi connectivity index (χ1) is 7.85. The van der Waals surface area contributed by atoms with Gasteiger partial charge in [-0.05, 0) is 43.5 Å². The molecule has 1 aromatic carbocycles. The number of benzene rings is 1. The molecule has 0 heterocycles. The fraction of sp³-hybridized carbons (Fsp3) is 0.500. The fourth-order valence-corrected chi connectivity index (χ4v) is 3.55. The summed E-state index contributed by atoms with van der Waals surface area (Å²) in [6.45, 7) is 4.95. The van der Waals surface area contributed by atoms with Crippen LogP contribution in [-0.2, 0) is 9.84 Å². The van der Waals surface area contributed by atoms with Gasteiger partial charge in [-0.1, -0.05) is 0 Å². The van der Waals surface area contributed by atoms with Crippen LogP contribution in [0.5, 0.6) is 5.75 Å². The van der Waals surface area contributed by atoms with Crippen LogP contribution in [0.25, 0.3) is 0 Å². The highest BCUT2D eigenvalue weighted by Crippen LogP contribution is 2.30. The quantitative estimate of drug-likeness (QED) is 0.886. The average Bonchev–Trinajstić information content (AvgIpc) is 2.23. The highest BCUT2D eigenvalue weighted by Gasteiger charge is 2.22. The van der Waals surface area contributed by atoms with E-state index in [1.807, 2.05) is 6.92 Å². The van der Waals surface area contributed by atoms with E-state index >= 15 is 0 Å².